The van der Waals surface area contributed by atoms with Crippen LogP contribution in [-0.4, -0.2) is 0 Å². The summed E-state index contributed by atoms with van der Waals surface area (Å²) in [6.07, 6.45) is 0. The van der Waals surface area contributed by atoms with Gasteiger partial charge in [0.15, 0.2) is 0 Å². The fraction of sp³-hybridized carbons (Fsp3) is 0.0952. The zero-order valence-corrected chi connectivity index (χ0v) is 49.5. The third kappa shape index (κ3) is 7.26. The van der Waals surface area contributed by atoms with E-state index < -0.39 is 10.8 Å². The summed E-state index contributed by atoms with van der Waals surface area (Å²) in [4.78, 5) is 5.13. The molecule has 14 aromatic carbocycles. The van der Waals surface area contributed by atoms with Crippen LogP contribution in [0.3, 0.4) is 0 Å². The lowest BCUT2D eigenvalue weighted by Crippen LogP contribution is -2.30. The molecule has 410 valence electrons. The summed E-state index contributed by atoms with van der Waals surface area (Å²) in [6.45, 7) is 13.7. The van der Waals surface area contributed by atoms with E-state index in [-0.39, 0.29) is 0 Å². The molecule has 2 aliphatic carbocycles. The molecule has 2 nitrogen and oxygen atoms in total. The quantitative estimate of drug-likeness (QED) is 0.126. The van der Waals surface area contributed by atoms with Gasteiger partial charge < -0.3 is 9.80 Å². The Hall–Kier alpha value is -10.3. The van der Waals surface area contributed by atoms with Crippen molar-refractivity contribution in [3.63, 3.8) is 0 Å². The number of rotatable bonds is 10. The molecule has 0 atom stereocenters. The Morgan fingerprint density at radius 3 is 0.919 bits per heavy atom. The lowest BCUT2D eigenvalue weighted by atomic mass is 9.66. The van der Waals surface area contributed by atoms with E-state index in [2.05, 4.69) is 330 Å². The number of para-hydroxylation sites is 2. The van der Waals surface area contributed by atoms with Crippen LogP contribution in [0.25, 0.3) is 54.6 Å². The highest BCUT2D eigenvalue weighted by Crippen LogP contribution is 2.61. The average Bonchev–Trinajstić information content (AvgIpc) is 1.52. The maximum absolute atomic E-state index is 2.56. The van der Waals surface area contributed by atoms with Crippen LogP contribution in [0.5, 0.6) is 0 Å². The minimum Gasteiger partial charge on any atom is -0.309 e. The molecule has 0 unspecified atom stereocenters. The monoisotopic (exact) mass is 1100 g/mol. The summed E-state index contributed by atoms with van der Waals surface area (Å²) < 4.78 is 0. The van der Waals surface area contributed by atoms with Crippen molar-refractivity contribution in [3.8, 4) is 22.3 Å². The summed E-state index contributed by atoms with van der Waals surface area (Å²) in [5.74, 6) is 0. The summed E-state index contributed by atoms with van der Waals surface area (Å²) in [5, 5.41) is 7.35. The first-order chi connectivity index (χ1) is 42.2. The number of aryl methyl sites for hydroxylation is 4. The smallest absolute Gasteiger partial charge is 0.0716 e. The Bertz CT molecular complexity index is 4590. The van der Waals surface area contributed by atoms with Crippen molar-refractivity contribution in [1.29, 1.82) is 0 Å². The summed E-state index contributed by atoms with van der Waals surface area (Å²) in [7, 11) is 0. The minimum atomic E-state index is -0.566. The first-order valence-corrected chi connectivity index (χ1v) is 30.3. The van der Waals surface area contributed by atoms with Crippen LogP contribution in [0.15, 0.2) is 279 Å². The number of fused-ring (bicyclic) bond motifs is 6. The number of nitrogens with zero attached hydrogens (tertiary/aromatic N) is 2. The summed E-state index contributed by atoms with van der Waals surface area (Å²) in [6, 6.07) is 106. The van der Waals surface area contributed by atoms with Gasteiger partial charge in [-0.1, -0.05) is 254 Å². The van der Waals surface area contributed by atoms with Crippen LogP contribution in [0, 0.1) is 41.5 Å². The maximum Gasteiger partial charge on any atom is 0.0716 e. The highest BCUT2D eigenvalue weighted by Gasteiger charge is 2.49. The van der Waals surface area contributed by atoms with Crippen molar-refractivity contribution >= 4 is 66.4 Å². The first kappa shape index (κ1) is 51.4. The van der Waals surface area contributed by atoms with Crippen molar-refractivity contribution < 1.29 is 0 Å². The van der Waals surface area contributed by atoms with Crippen LogP contribution in [0.1, 0.15) is 77.9 Å². The lowest BCUT2D eigenvalue weighted by Gasteiger charge is -2.38. The van der Waals surface area contributed by atoms with Gasteiger partial charge in [-0.05, 0) is 189 Å². The second-order valence-corrected chi connectivity index (χ2v) is 24.2. The summed E-state index contributed by atoms with van der Waals surface area (Å²) >= 11 is 0. The number of hydrogen-bond donors (Lipinski definition) is 0. The van der Waals surface area contributed by atoms with E-state index in [4.69, 9.17) is 0 Å². The molecule has 0 bridgehead atoms. The van der Waals surface area contributed by atoms with Gasteiger partial charge in [-0.15, -0.1) is 0 Å². The fourth-order valence-corrected chi connectivity index (χ4v) is 15.9. The standard InChI is InChI=1S/C84H64N2/c1-53-33-43-61(44-34-53)83(73-29-17-13-25-65(73)66-26-14-18-30-74(66)83)71-49-37-55(3)81(57(71)5)85(63-21-9-7-10-22-63)77-51-41-59-40-48-70-78(52-42-60-39-47-69(77)79(59)80(60)70)86(64-23-11-8-12-24-64)82-56(4)38-50-72(58(82)6)84(62-45-35-54(2)36-46-62)75-31-19-15-27-67(75)68-28-16-20-32-76(68)84/h7-52H,1-6H3. The first-order valence-electron chi connectivity index (χ1n) is 30.3. The van der Waals surface area contributed by atoms with E-state index in [1.54, 1.807) is 0 Å². The molecule has 2 aliphatic rings. The van der Waals surface area contributed by atoms with Crippen molar-refractivity contribution in [1.82, 2.24) is 0 Å². The number of hydrogen-bond acceptors (Lipinski definition) is 2. The third-order valence-electron chi connectivity index (χ3n) is 19.5. The van der Waals surface area contributed by atoms with E-state index in [1.807, 2.05) is 0 Å². The molecule has 0 heterocycles. The van der Waals surface area contributed by atoms with Crippen molar-refractivity contribution in [2.45, 2.75) is 52.4 Å². The molecule has 0 aromatic heterocycles. The second kappa shape index (κ2) is 19.7. The second-order valence-electron chi connectivity index (χ2n) is 24.2. The maximum atomic E-state index is 2.56. The molecule has 2 heteroatoms. The molecule has 0 amide bonds. The van der Waals surface area contributed by atoms with Gasteiger partial charge in [0.05, 0.1) is 33.6 Å². The van der Waals surface area contributed by atoms with E-state index in [0.717, 1.165) is 22.7 Å². The molecule has 14 aromatic rings. The van der Waals surface area contributed by atoms with Crippen LogP contribution in [0.4, 0.5) is 34.1 Å². The van der Waals surface area contributed by atoms with Crippen molar-refractivity contribution in [2.24, 2.45) is 0 Å². The van der Waals surface area contributed by atoms with E-state index in [0.29, 0.717) is 0 Å². The van der Waals surface area contributed by atoms with Gasteiger partial charge in [0.2, 0.25) is 0 Å². The van der Waals surface area contributed by atoms with Crippen molar-refractivity contribution in [3.05, 3.63) is 357 Å². The molecule has 0 saturated carbocycles. The van der Waals surface area contributed by atoms with Crippen molar-refractivity contribution in [2.75, 3.05) is 9.80 Å². The molecule has 0 saturated heterocycles. The Kier molecular flexibility index (Phi) is 11.7. The normalized spacial score (nSPS) is 13.4. The van der Waals surface area contributed by atoms with E-state index in [9.17, 15) is 0 Å². The summed E-state index contributed by atoms with van der Waals surface area (Å²) in [5.41, 5.74) is 28.7. The third-order valence-corrected chi connectivity index (χ3v) is 19.5. The molecular formula is C84H64N2. The highest BCUT2D eigenvalue weighted by molar-refractivity contribution is 6.28. The average molecular weight is 1100 g/mol. The Balaban J connectivity index is 0.931. The van der Waals surface area contributed by atoms with Gasteiger partial charge >= 0.3 is 0 Å². The molecule has 0 N–H and O–H groups in total. The van der Waals surface area contributed by atoms with Crippen LogP contribution >= 0.6 is 0 Å². The Morgan fingerprint density at radius 1 is 0.256 bits per heavy atom. The lowest BCUT2D eigenvalue weighted by molar-refractivity contribution is 0.760. The number of benzene rings is 14. The van der Waals surface area contributed by atoms with Gasteiger partial charge in [-0.25, -0.2) is 0 Å². The zero-order chi connectivity index (χ0) is 58.0. The molecule has 0 spiro atoms. The topological polar surface area (TPSA) is 6.48 Å². The van der Waals surface area contributed by atoms with Gasteiger partial charge in [0, 0.05) is 22.1 Å². The SMILES string of the molecule is Cc1ccc(C2(c3ccc(C)c(N(c4ccccc4)c4ccc5ccc6c(N(c7ccccc7)c7c(C)ccc(C8(c9ccc(C)cc9)c9ccccc9-c9ccccc98)c7C)ccc7ccc4c5c76)c3C)c3ccccc3-c3ccccc32)cc1. The Labute approximate surface area is 504 Å². The predicted octanol–water partition coefficient (Wildman–Crippen LogP) is 22.1. The molecule has 86 heavy (non-hydrogen) atoms. The Morgan fingerprint density at radius 2 is 0.570 bits per heavy atom. The molecule has 0 radical (unpaired) electrons. The van der Waals surface area contributed by atoms with Gasteiger partial charge in [0.1, 0.15) is 0 Å². The van der Waals surface area contributed by atoms with E-state index >= 15 is 0 Å². The van der Waals surface area contributed by atoms with Crippen LogP contribution in [-0.2, 0) is 10.8 Å². The molecule has 16 rings (SSSR count). The largest absolute Gasteiger partial charge is 0.309 e. The highest BCUT2D eigenvalue weighted by atomic mass is 15.2. The fourth-order valence-electron chi connectivity index (χ4n) is 15.9. The van der Waals surface area contributed by atoms with Gasteiger partial charge in [0.25, 0.3) is 0 Å². The zero-order valence-electron chi connectivity index (χ0n) is 49.5. The van der Waals surface area contributed by atoms with E-state index in [1.165, 1.54) is 144 Å². The minimum absolute atomic E-state index is 0.566. The molecule has 0 fully saturated rings. The van der Waals surface area contributed by atoms with Crippen LogP contribution < -0.4 is 9.80 Å². The predicted molar refractivity (Wildman–Crippen MR) is 363 cm³/mol. The molecule has 0 aliphatic heterocycles. The van der Waals surface area contributed by atoms with Crippen LogP contribution in [0.2, 0.25) is 0 Å². The van der Waals surface area contributed by atoms with Gasteiger partial charge in [-0.2, -0.15) is 0 Å². The number of anilines is 6. The van der Waals surface area contributed by atoms with Gasteiger partial charge in [-0.3, -0.25) is 0 Å². The molecular weight excluding hydrogens is 1040 g/mol.